The van der Waals surface area contributed by atoms with Crippen molar-refractivity contribution in [3.8, 4) is 11.5 Å². The third-order valence-corrected chi connectivity index (χ3v) is 3.49. The van der Waals surface area contributed by atoms with Gasteiger partial charge in [0.1, 0.15) is 0 Å². The molecule has 0 bridgehead atoms. The summed E-state index contributed by atoms with van der Waals surface area (Å²) in [7, 11) is 1.54. The Morgan fingerprint density at radius 1 is 1.35 bits per heavy atom. The van der Waals surface area contributed by atoms with Gasteiger partial charge in [0.05, 0.1) is 13.7 Å². The van der Waals surface area contributed by atoms with Crippen molar-refractivity contribution >= 4 is 5.91 Å². The van der Waals surface area contributed by atoms with Crippen LogP contribution in [0.25, 0.3) is 0 Å². The predicted octanol–water partition coefficient (Wildman–Crippen LogP) is 1.63. The number of benzene rings is 1. The van der Waals surface area contributed by atoms with Crippen LogP contribution in [-0.2, 0) is 11.4 Å². The van der Waals surface area contributed by atoms with Crippen LogP contribution >= 0.6 is 0 Å². The first-order valence-electron chi connectivity index (χ1n) is 6.93. The van der Waals surface area contributed by atoms with Crippen molar-refractivity contribution in [2.24, 2.45) is 0 Å². The van der Waals surface area contributed by atoms with E-state index in [1.54, 1.807) is 25.3 Å². The van der Waals surface area contributed by atoms with E-state index in [1.807, 2.05) is 0 Å². The Hall–Kier alpha value is -1.75. The normalized spacial score (nSPS) is 15.1. The first-order chi connectivity index (χ1) is 9.72. The van der Waals surface area contributed by atoms with Crippen LogP contribution < -0.4 is 14.8 Å². The third-order valence-electron chi connectivity index (χ3n) is 3.49. The van der Waals surface area contributed by atoms with Crippen LogP contribution in [-0.4, -0.2) is 30.8 Å². The lowest BCUT2D eigenvalue weighted by Crippen LogP contribution is -2.36. The zero-order valence-electron chi connectivity index (χ0n) is 11.7. The van der Waals surface area contributed by atoms with Gasteiger partial charge in [-0.05, 0) is 30.5 Å². The van der Waals surface area contributed by atoms with E-state index in [1.165, 1.54) is 12.8 Å². The molecule has 0 saturated heterocycles. The lowest BCUT2D eigenvalue weighted by Gasteiger charge is -2.14. The van der Waals surface area contributed by atoms with Crippen molar-refractivity contribution in [3.63, 3.8) is 0 Å². The van der Waals surface area contributed by atoms with Crippen LogP contribution in [0.3, 0.4) is 0 Å². The fourth-order valence-corrected chi connectivity index (χ4v) is 2.42. The number of aliphatic hydroxyl groups excluding tert-OH is 1. The summed E-state index contributed by atoms with van der Waals surface area (Å²) >= 11 is 0. The first-order valence-corrected chi connectivity index (χ1v) is 6.93. The van der Waals surface area contributed by atoms with Crippen LogP contribution in [0.5, 0.6) is 11.5 Å². The van der Waals surface area contributed by atoms with Gasteiger partial charge in [-0.25, -0.2) is 0 Å². The van der Waals surface area contributed by atoms with Gasteiger partial charge in [-0.3, -0.25) is 4.79 Å². The summed E-state index contributed by atoms with van der Waals surface area (Å²) in [6, 6.07) is 5.44. The Labute approximate surface area is 118 Å². The summed E-state index contributed by atoms with van der Waals surface area (Å²) in [4.78, 5) is 11.8. The van der Waals surface area contributed by atoms with Gasteiger partial charge in [-0.15, -0.1) is 0 Å². The van der Waals surface area contributed by atoms with Crippen LogP contribution in [0.4, 0.5) is 0 Å². The molecule has 0 unspecified atom stereocenters. The predicted molar refractivity (Wildman–Crippen MR) is 74.8 cm³/mol. The Kier molecular flexibility index (Phi) is 5.24. The Balaban J connectivity index is 1.90. The monoisotopic (exact) mass is 279 g/mol. The van der Waals surface area contributed by atoms with Gasteiger partial charge in [0.2, 0.25) is 0 Å². The quantitative estimate of drug-likeness (QED) is 0.830. The third kappa shape index (κ3) is 3.87. The van der Waals surface area contributed by atoms with Crippen LogP contribution in [0.1, 0.15) is 31.2 Å². The van der Waals surface area contributed by atoms with Crippen molar-refractivity contribution in [2.45, 2.75) is 38.3 Å². The van der Waals surface area contributed by atoms with E-state index in [4.69, 9.17) is 14.6 Å². The molecule has 110 valence electrons. The standard InChI is InChI=1S/C15H21NO4/c1-19-13-7-6-11(9-17)8-14(13)20-10-15(18)16-12-4-2-3-5-12/h6-8,12,17H,2-5,9-10H2,1H3,(H,16,18). The summed E-state index contributed by atoms with van der Waals surface area (Å²) in [5.41, 5.74) is 0.719. The van der Waals surface area contributed by atoms with E-state index < -0.39 is 0 Å². The van der Waals surface area contributed by atoms with Gasteiger partial charge < -0.3 is 19.9 Å². The van der Waals surface area contributed by atoms with Gasteiger partial charge in [-0.2, -0.15) is 0 Å². The lowest BCUT2D eigenvalue weighted by atomic mass is 10.2. The van der Waals surface area contributed by atoms with E-state index in [0.717, 1.165) is 18.4 Å². The molecule has 2 N–H and O–H groups in total. The molecule has 0 spiro atoms. The number of methoxy groups -OCH3 is 1. The Morgan fingerprint density at radius 3 is 2.75 bits per heavy atom. The minimum absolute atomic E-state index is 0.0399. The van der Waals surface area contributed by atoms with Crippen LogP contribution in [0.15, 0.2) is 18.2 Å². The van der Waals surface area contributed by atoms with E-state index in [2.05, 4.69) is 5.32 Å². The van der Waals surface area contributed by atoms with Gasteiger partial charge in [0, 0.05) is 6.04 Å². The molecule has 1 aromatic carbocycles. The molecular formula is C15H21NO4. The van der Waals surface area contributed by atoms with Gasteiger partial charge in [0.25, 0.3) is 5.91 Å². The molecular weight excluding hydrogens is 258 g/mol. The molecule has 1 fully saturated rings. The number of hydrogen-bond acceptors (Lipinski definition) is 4. The number of amides is 1. The maximum atomic E-state index is 11.8. The fourth-order valence-electron chi connectivity index (χ4n) is 2.42. The molecule has 5 nitrogen and oxygen atoms in total. The molecule has 1 amide bonds. The molecule has 5 heteroatoms. The number of carbonyl (C=O) groups excluding carboxylic acids is 1. The molecule has 1 aromatic rings. The van der Waals surface area contributed by atoms with Crippen LogP contribution in [0.2, 0.25) is 0 Å². The second-order valence-electron chi connectivity index (χ2n) is 4.98. The lowest BCUT2D eigenvalue weighted by molar-refractivity contribution is -0.123. The first kappa shape index (κ1) is 14.7. The number of ether oxygens (including phenoxy) is 2. The zero-order valence-corrected chi connectivity index (χ0v) is 11.7. The second-order valence-corrected chi connectivity index (χ2v) is 4.98. The van der Waals surface area contributed by atoms with Gasteiger partial charge in [-0.1, -0.05) is 18.9 Å². The van der Waals surface area contributed by atoms with Crippen LogP contribution in [0, 0.1) is 0 Å². The average molecular weight is 279 g/mol. The highest BCUT2D eigenvalue weighted by atomic mass is 16.5. The summed E-state index contributed by atoms with van der Waals surface area (Å²) < 4.78 is 10.7. The second kappa shape index (κ2) is 7.14. The number of rotatable bonds is 6. The molecule has 20 heavy (non-hydrogen) atoms. The molecule has 0 heterocycles. The summed E-state index contributed by atoms with van der Waals surface area (Å²) in [6.45, 7) is -0.115. The Morgan fingerprint density at radius 2 is 2.10 bits per heavy atom. The number of hydrogen-bond donors (Lipinski definition) is 2. The Bertz CT molecular complexity index is 455. The SMILES string of the molecule is COc1ccc(CO)cc1OCC(=O)NC1CCCC1. The van der Waals surface area contributed by atoms with E-state index >= 15 is 0 Å². The minimum atomic E-state index is -0.117. The average Bonchev–Trinajstić information content (AvgIpc) is 2.97. The van der Waals surface area contributed by atoms with Crippen molar-refractivity contribution in [2.75, 3.05) is 13.7 Å². The number of aliphatic hydroxyl groups is 1. The topological polar surface area (TPSA) is 67.8 Å². The summed E-state index contributed by atoms with van der Waals surface area (Å²) in [5, 5.41) is 12.1. The summed E-state index contributed by atoms with van der Waals surface area (Å²) in [5.74, 6) is 0.907. The van der Waals surface area contributed by atoms with Crippen molar-refractivity contribution in [1.29, 1.82) is 0 Å². The number of nitrogens with one attached hydrogen (secondary N) is 1. The highest BCUT2D eigenvalue weighted by Gasteiger charge is 2.17. The van der Waals surface area contributed by atoms with Crippen molar-refractivity contribution < 1.29 is 19.4 Å². The summed E-state index contributed by atoms with van der Waals surface area (Å²) in [6.07, 6.45) is 4.46. The maximum Gasteiger partial charge on any atom is 0.258 e. The zero-order chi connectivity index (χ0) is 14.4. The van der Waals surface area contributed by atoms with E-state index in [0.29, 0.717) is 11.5 Å². The highest BCUT2D eigenvalue weighted by molar-refractivity contribution is 5.78. The smallest absolute Gasteiger partial charge is 0.258 e. The molecule has 2 rings (SSSR count). The highest BCUT2D eigenvalue weighted by Crippen LogP contribution is 2.28. The molecule has 0 atom stereocenters. The van der Waals surface area contributed by atoms with Gasteiger partial charge in [0.15, 0.2) is 18.1 Å². The van der Waals surface area contributed by atoms with Gasteiger partial charge >= 0.3 is 0 Å². The molecule has 0 aromatic heterocycles. The minimum Gasteiger partial charge on any atom is -0.493 e. The molecule has 1 aliphatic carbocycles. The van der Waals surface area contributed by atoms with Crippen molar-refractivity contribution in [3.05, 3.63) is 23.8 Å². The largest absolute Gasteiger partial charge is 0.493 e. The fraction of sp³-hybridized carbons (Fsp3) is 0.533. The van der Waals surface area contributed by atoms with E-state index in [9.17, 15) is 4.79 Å². The molecule has 0 radical (unpaired) electrons. The maximum absolute atomic E-state index is 11.8. The number of carbonyl (C=O) groups is 1. The van der Waals surface area contributed by atoms with Crippen molar-refractivity contribution in [1.82, 2.24) is 5.32 Å². The molecule has 1 aliphatic rings. The molecule has 0 aliphatic heterocycles. The molecule has 1 saturated carbocycles. The van der Waals surface area contributed by atoms with E-state index in [-0.39, 0.29) is 25.2 Å².